The van der Waals surface area contributed by atoms with E-state index in [4.69, 9.17) is 0 Å². The molecule has 0 spiro atoms. The van der Waals surface area contributed by atoms with Gasteiger partial charge >= 0.3 is 0 Å². The van der Waals surface area contributed by atoms with E-state index in [0.717, 1.165) is 52.1 Å². The quantitative estimate of drug-likeness (QED) is 0.590. The van der Waals surface area contributed by atoms with Gasteiger partial charge in [-0.1, -0.05) is 12.1 Å². The molecule has 0 aromatic heterocycles. The molecule has 2 fully saturated rings. The van der Waals surface area contributed by atoms with Crippen molar-refractivity contribution in [1.29, 1.82) is 5.26 Å². The van der Waals surface area contributed by atoms with E-state index in [1.54, 1.807) is 11.1 Å². The summed E-state index contributed by atoms with van der Waals surface area (Å²) in [6.07, 6.45) is 3.70. The van der Waals surface area contributed by atoms with E-state index in [2.05, 4.69) is 59.0 Å². The maximum Gasteiger partial charge on any atom is 0.265 e. The Balaban J connectivity index is 1.59. The molecule has 150 valence electrons. The molecule has 2 aliphatic heterocycles. The number of benzene rings is 1. The van der Waals surface area contributed by atoms with Gasteiger partial charge < -0.3 is 19.6 Å². The number of rotatable bonds is 4. The van der Waals surface area contributed by atoms with Crippen LogP contribution in [0.15, 0.2) is 36.0 Å². The molecule has 0 saturated carbocycles. The number of hydrogen-bond acceptors (Lipinski definition) is 5. The molecule has 0 unspecified atom stereocenters. The van der Waals surface area contributed by atoms with Crippen molar-refractivity contribution in [3.8, 4) is 6.07 Å². The van der Waals surface area contributed by atoms with Gasteiger partial charge in [0.15, 0.2) is 0 Å². The molecule has 1 amide bonds. The topological polar surface area (TPSA) is 53.8 Å². The molecule has 0 N–H and O–H groups in total. The highest BCUT2D eigenvalue weighted by Crippen LogP contribution is 2.19. The van der Waals surface area contributed by atoms with E-state index in [9.17, 15) is 10.1 Å². The maximum atomic E-state index is 12.8. The number of piperazine rings is 1. The van der Waals surface area contributed by atoms with Crippen molar-refractivity contribution in [2.75, 3.05) is 58.3 Å². The standard InChI is InChI=1S/C22H31N5O/c1-18-5-4-6-21(15-18)27-13-11-26(12-14-27)17-19(16-23)22(28)25(3)20-7-9-24(2)10-8-20/h4-6,15,17,20H,7-14H2,1-3H3/b19-17-. The number of carbonyl (C=O) groups excluding carboxylic acids is 1. The molecule has 28 heavy (non-hydrogen) atoms. The highest BCUT2D eigenvalue weighted by atomic mass is 16.2. The summed E-state index contributed by atoms with van der Waals surface area (Å²) in [4.78, 5) is 21.3. The van der Waals surface area contributed by atoms with E-state index < -0.39 is 0 Å². The maximum absolute atomic E-state index is 12.8. The highest BCUT2D eigenvalue weighted by Gasteiger charge is 2.26. The van der Waals surface area contributed by atoms with Crippen molar-refractivity contribution in [2.45, 2.75) is 25.8 Å². The SMILES string of the molecule is Cc1cccc(N2CCN(/C=C(/C#N)C(=O)N(C)C3CCN(C)CC3)CC2)c1. The average molecular weight is 382 g/mol. The van der Waals surface area contributed by atoms with Gasteiger partial charge in [0, 0.05) is 51.2 Å². The minimum Gasteiger partial charge on any atom is -0.373 e. The monoisotopic (exact) mass is 381 g/mol. The van der Waals surface area contributed by atoms with Crippen LogP contribution in [-0.2, 0) is 4.79 Å². The number of anilines is 1. The van der Waals surface area contributed by atoms with E-state index in [-0.39, 0.29) is 17.5 Å². The number of aryl methyl sites for hydroxylation is 1. The zero-order chi connectivity index (χ0) is 20.1. The van der Waals surface area contributed by atoms with Gasteiger partial charge in [0.2, 0.25) is 0 Å². The molecule has 0 aliphatic carbocycles. The van der Waals surface area contributed by atoms with Gasteiger partial charge in [-0.2, -0.15) is 5.26 Å². The van der Waals surface area contributed by atoms with Gasteiger partial charge in [0.05, 0.1) is 0 Å². The molecular weight excluding hydrogens is 350 g/mol. The van der Waals surface area contributed by atoms with Crippen molar-refractivity contribution in [2.24, 2.45) is 0 Å². The summed E-state index contributed by atoms with van der Waals surface area (Å²) in [5.41, 5.74) is 2.74. The third kappa shape index (κ3) is 4.85. The molecule has 3 rings (SSSR count). The largest absolute Gasteiger partial charge is 0.373 e. The number of carbonyl (C=O) groups is 1. The first-order chi connectivity index (χ1) is 13.5. The Morgan fingerprint density at radius 2 is 1.86 bits per heavy atom. The third-order valence-electron chi connectivity index (χ3n) is 5.90. The fraction of sp³-hybridized carbons (Fsp3) is 0.545. The van der Waals surface area contributed by atoms with E-state index in [1.807, 2.05) is 7.05 Å². The average Bonchev–Trinajstić information content (AvgIpc) is 2.72. The minimum absolute atomic E-state index is 0.154. The smallest absolute Gasteiger partial charge is 0.265 e. The Morgan fingerprint density at radius 3 is 2.46 bits per heavy atom. The van der Waals surface area contributed by atoms with Crippen LogP contribution >= 0.6 is 0 Å². The van der Waals surface area contributed by atoms with E-state index >= 15 is 0 Å². The molecule has 2 heterocycles. The predicted molar refractivity (Wildman–Crippen MR) is 112 cm³/mol. The summed E-state index contributed by atoms with van der Waals surface area (Å²) in [6, 6.07) is 10.9. The van der Waals surface area contributed by atoms with Crippen LogP contribution < -0.4 is 4.90 Å². The first-order valence-corrected chi connectivity index (χ1v) is 10.1. The zero-order valence-corrected chi connectivity index (χ0v) is 17.3. The van der Waals surface area contributed by atoms with Crippen molar-refractivity contribution in [3.63, 3.8) is 0 Å². The lowest BCUT2D eigenvalue weighted by Gasteiger charge is -2.37. The van der Waals surface area contributed by atoms with Gasteiger partial charge in [-0.3, -0.25) is 4.79 Å². The van der Waals surface area contributed by atoms with Crippen molar-refractivity contribution in [3.05, 3.63) is 41.6 Å². The number of hydrogen-bond donors (Lipinski definition) is 0. The summed E-state index contributed by atoms with van der Waals surface area (Å²) in [6.45, 7) is 7.49. The van der Waals surface area contributed by atoms with Crippen LogP contribution in [0.1, 0.15) is 18.4 Å². The van der Waals surface area contributed by atoms with Crippen LogP contribution in [0, 0.1) is 18.3 Å². The number of nitriles is 1. The number of piperidine rings is 1. The molecule has 2 saturated heterocycles. The van der Waals surface area contributed by atoms with Crippen LogP contribution in [0.25, 0.3) is 0 Å². The summed E-state index contributed by atoms with van der Waals surface area (Å²) in [5.74, 6) is -0.154. The van der Waals surface area contributed by atoms with E-state index in [1.165, 1.54) is 11.3 Å². The lowest BCUT2D eigenvalue weighted by Crippen LogP contribution is -2.46. The fourth-order valence-electron chi connectivity index (χ4n) is 3.99. The van der Waals surface area contributed by atoms with Crippen molar-refractivity contribution < 1.29 is 4.79 Å². The highest BCUT2D eigenvalue weighted by molar-refractivity contribution is 5.97. The second kappa shape index (κ2) is 9.11. The van der Waals surface area contributed by atoms with Crippen LogP contribution in [0.5, 0.6) is 0 Å². The second-order valence-electron chi connectivity index (χ2n) is 7.97. The molecule has 2 aliphatic rings. The lowest BCUT2D eigenvalue weighted by molar-refractivity contribution is -0.128. The summed E-state index contributed by atoms with van der Waals surface area (Å²) in [5, 5.41) is 9.57. The third-order valence-corrected chi connectivity index (χ3v) is 5.90. The molecule has 6 heteroatoms. The first-order valence-electron chi connectivity index (χ1n) is 10.1. The molecule has 1 aromatic rings. The number of nitrogens with zero attached hydrogens (tertiary/aromatic N) is 5. The van der Waals surface area contributed by atoms with Crippen LogP contribution in [0.3, 0.4) is 0 Å². The Kier molecular flexibility index (Phi) is 6.58. The van der Waals surface area contributed by atoms with Crippen LogP contribution in [-0.4, -0.2) is 80.0 Å². The molecule has 0 radical (unpaired) electrons. The molecule has 6 nitrogen and oxygen atoms in total. The van der Waals surface area contributed by atoms with Gasteiger partial charge in [-0.25, -0.2) is 0 Å². The van der Waals surface area contributed by atoms with Crippen LogP contribution in [0.2, 0.25) is 0 Å². The Hall–Kier alpha value is -2.52. The molecule has 0 bridgehead atoms. The Labute approximate surface area is 168 Å². The van der Waals surface area contributed by atoms with E-state index in [0.29, 0.717) is 0 Å². The van der Waals surface area contributed by atoms with Gasteiger partial charge in [-0.15, -0.1) is 0 Å². The Morgan fingerprint density at radius 1 is 1.18 bits per heavy atom. The first kappa shape index (κ1) is 20.2. The minimum atomic E-state index is -0.154. The second-order valence-corrected chi connectivity index (χ2v) is 7.97. The summed E-state index contributed by atoms with van der Waals surface area (Å²) >= 11 is 0. The predicted octanol–water partition coefficient (Wildman–Crippen LogP) is 2.08. The molecule has 1 aromatic carbocycles. The van der Waals surface area contributed by atoms with Gasteiger partial charge in [0.25, 0.3) is 5.91 Å². The summed E-state index contributed by atoms with van der Waals surface area (Å²) in [7, 11) is 3.94. The zero-order valence-electron chi connectivity index (χ0n) is 17.3. The normalized spacial score (nSPS) is 19.4. The number of likely N-dealkylation sites (tertiary alicyclic amines) is 1. The fourth-order valence-corrected chi connectivity index (χ4v) is 3.99. The number of amides is 1. The van der Waals surface area contributed by atoms with Gasteiger partial charge in [0.1, 0.15) is 11.6 Å². The van der Waals surface area contributed by atoms with Crippen molar-refractivity contribution in [1.82, 2.24) is 14.7 Å². The van der Waals surface area contributed by atoms with Crippen molar-refractivity contribution >= 4 is 11.6 Å². The van der Waals surface area contributed by atoms with Gasteiger partial charge in [-0.05, 0) is 57.6 Å². The number of likely N-dealkylation sites (N-methyl/N-ethyl adjacent to an activating group) is 1. The molecular formula is C22H31N5O. The Bertz CT molecular complexity index is 752. The lowest BCUT2D eigenvalue weighted by atomic mass is 10.0. The molecule has 0 atom stereocenters. The summed E-state index contributed by atoms with van der Waals surface area (Å²) < 4.78 is 0. The van der Waals surface area contributed by atoms with Crippen LogP contribution in [0.4, 0.5) is 5.69 Å².